The third kappa shape index (κ3) is 5.04. The van der Waals surface area contributed by atoms with Crippen molar-refractivity contribution in [2.24, 2.45) is 46.3 Å². The van der Waals surface area contributed by atoms with E-state index in [0.717, 1.165) is 37.7 Å². The SMILES string of the molecule is CC(=O)OCC12CCC3C(CCC4=C(O)C(=O)CCC43C)C1CC(OC(C)=O)C2C(C)C(O)CCC(C)C. The number of esters is 2. The number of Topliss-reactive ketones (excluding diaryl/α,β-unsaturated/α-hetero) is 1. The molecule has 0 amide bonds. The van der Waals surface area contributed by atoms with Crippen molar-refractivity contribution in [3.05, 3.63) is 11.3 Å². The van der Waals surface area contributed by atoms with Crippen molar-refractivity contribution in [2.75, 3.05) is 6.61 Å². The van der Waals surface area contributed by atoms with Crippen molar-refractivity contribution in [3.8, 4) is 0 Å². The van der Waals surface area contributed by atoms with E-state index in [0.29, 0.717) is 43.4 Å². The van der Waals surface area contributed by atoms with Crippen molar-refractivity contribution >= 4 is 17.7 Å². The van der Waals surface area contributed by atoms with Crippen molar-refractivity contribution in [2.45, 2.75) is 112 Å². The number of rotatable bonds is 8. The Morgan fingerprint density at radius 2 is 1.74 bits per heavy atom. The van der Waals surface area contributed by atoms with Crippen LogP contribution in [0, 0.1) is 46.3 Å². The lowest BCUT2D eigenvalue weighted by Gasteiger charge is -2.59. The maximum atomic E-state index is 12.3. The number of aliphatic hydroxyl groups excluding tert-OH is 2. The first-order valence-corrected chi connectivity index (χ1v) is 14.8. The maximum absolute atomic E-state index is 12.3. The summed E-state index contributed by atoms with van der Waals surface area (Å²) in [6, 6.07) is 0. The van der Waals surface area contributed by atoms with Gasteiger partial charge in [-0.3, -0.25) is 14.4 Å². The Morgan fingerprint density at radius 3 is 2.37 bits per heavy atom. The molecule has 7 nitrogen and oxygen atoms in total. The highest BCUT2D eigenvalue weighted by atomic mass is 16.5. The Balaban J connectivity index is 1.73. The van der Waals surface area contributed by atoms with Gasteiger partial charge in [-0.25, -0.2) is 0 Å². The molecule has 3 fully saturated rings. The summed E-state index contributed by atoms with van der Waals surface area (Å²) in [5.74, 6) is 0.199. The zero-order chi connectivity index (χ0) is 28.0. The smallest absolute Gasteiger partial charge is 0.302 e. The van der Waals surface area contributed by atoms with E-state index in [4.69, 9.17) is 9.47 Å². The van der Waals surface area contributed by atoms with Crippen molar-refractivity contribution in [3.63, 3.8) is 0 Å². The molecule has 4 aliphatic rings. The maximum Gasteiger partial charge on any atom is 0.302 e. The summed E-state index contributed by atoms with van der Waals surface area (Å²) in [5.41, 5.74) is 0.298. The van der Waals surface area contributed by atoms with E-state index in [1.807, 2.05) is 0 Å². The molecule has 0 aromatic heterocycles. The van der Waals surface area contributed by atoms with Gasteiger partial charge in [0, 0.05) is 31.6 Å². The van der Waals surface area contributed by atoms with Crippen LogP contribution in [0.4, 0.5) is 0 Å². The molecule has 0 aromatic carbocycles. The van der Waals surface area contributed by atoms with Gasteiger partial charge in [-0.15, -0.1) is 0 Å². The minimum atomic E-state index is -0.536. The molecule has 4 aliphatic carbocycles. The number of carbonyl (C=O) groups excluding carboxylic acids is 3. The van der Waals surface area contributed by atoms with E-state index in [1.165, 1.54) is 13.8 Å². The molecule has 0 spiro atoms. The molecule has 7 heteroatoms. The number of fused-ring (bicyclic) bond motifs is 5. The Bertz CT molecular complexity index is 969. The van der Waals surface area contributed by atoms with E-state index in [-0.39, 0.29) is 59.4 Å². The molecule has 0 aliphatic heterocycles. The van der Waals surface area contributed by atoms with Crippen molar-refractivity contribution < 1.29 is 34.1 Å². The Hall–Kier alpha value is -1.89. The van der Waals surface area contributed by atoms with E-state index in [1.54, 1.807) is 0 Å². The number of ketones is 1. The molecule has 2 N–H and O–H groups in total. The molecule has 0 radical (unpaired) electrons. The van der Waals surface area contributed by atoms with E-state index in [2.05, 4.69) is 27.7 Å². The van der Waals surface area contributed by atoms with Crippen LogP contribution in [0.2, 0.25) is 0 Å². The fraction of sp³-hybridized carbons (Fsp3) is 0.839. The van der Waals surface area contributed by atoms with Crippen molar-refractivity contribution in [1.82, 2.24) is 0 Å². The van der Waals surface area contributed by atoms with Crippen LogP contribution in [0.25, 0.3) is 0 Å². The molecular formula is C31H48O7. The number of allylic oxidation sites excluding steroid dienone is 1. The van der Waals surface area contributed by atoms with E-state index in [9.17, 15) is 24.6 Å². The second-order valence-electron chi connectivity index (χ2n) is 13.4. The molecule has 0 bridgehead atoms. The number of carbonyl (C=O) groups is 3. The van der Waals surface area contributed by atoms with Crippen LogP contribution in [0.15, 0.2) is 11.3 Å². The van der Waals surface area contributed by atoms with Gasteiger partial charge in [-0.1, -0.05) is 27.7 Å². The number of ether oxygens (including phenoxy) is 2. The van der Waals surface area contributed by atoms with Gasteiger partial charge >= 0.3 is 11.9 Å². The standard InChI is InChI=1S/C31H48O7/c1-17(2)7-10-25(34)18(3)28-27(38-20(5)33)15-24-21-8-9-23-29(36)26(35)12-13-30(23,6)22(21)11-14-31(24,28)16-37-19(4)32/h17-18,21-22,24-25,27-28,34,36H,7-16H2,1-6H3. The fourth-order valence-corrected chi connectivity index (χ4v) is 9.23. The average molecular weight is 533 g/mol. The highest BCUT2D eigenvalue weighted by molar-refractivity contribution is 5.95. The van der Waals surface area contributed by atoms with Gasteiger partial charge in [-0.2, -0.15) is 0 Å². The summed E-state index contributed by atoms with van der Waals surface area (Å²) in [7, 11) is 0. The molecule has 38 heavy (non-hydrogen) atoms. The van der Waals surface area contributed by atoms with Gasteiger partial charge in [0.15, 0.2) is 11.5 Å². The molecule has 9 unspecified atom stereocenters. The van der Waals surface area contributed by atoms with Gasteiger partial charge in [-0.05, 0) is 91.9 Å². The van der Waals surface area contributed by atoms with Gasteiger partial charge in [0.05, 0.1) is 12.7 Å². The number of hydrogen-bond acceptors (Lipinski definition) is 7. The minimum absolute atomic E-state index is 0.0158. The van der Waals surface area contributed by atoms with Crippen LogP contribution in [-0.2, 0) is 23.9 Å². The quantitative estimate of drug-likeness (QED) is 0.395. The van der Waals surface area contributed by atoms with E-state index < -0.39 is 11.5 Å². The minimum Gasteiger partial charge on any atom is -0.504 e. The summed E-state index contributed by atoms with van der Waals surface area (Å²) < 4.78 is 11.8. The van der Waals surface area contributed by atoms with Crippen LogP contribution < -0.4 is 0 Å². The molecule has 214 valence electrons. The van der Waals surface area contributed by atoms with E-state index >= 15 is 0 Å². The highest BCUT2D eigenvalue weighted by Crippen LogP contribution is 2.68. The predicted octanol–water partition coefficient (Wildman–Crippen LogP) is 5.54. The topological polar surface area (TPSA) is 110 Å². The third-order valence-electron chi connectivity index (χ3n) is 11.0. The van der Waals surface area contributed by atoms with Crippen LogP contribution in [-0.4, -0.2) is 46.7 Å². The first kappa shape index (κ1) is 29.1. The van der Waals surface area contributed by atoms with Gasteiger partial charge in [0.2, 0.25) is 0 Å². The van der Waals surface area contributed by atoms with Crippen LogP contribution in [0.1, 0.15) is 99.3 Å². The molecule has 3 saturated carbocycles. The predicted molar refractivity (Wildman–Crippen MR) is 143 cm³/mol. The summed E-state index contributed by atoms with van der Waals surface area (Å²) >= 11 is 0. The van der Waals surface area contributed by atoms with Gasteiger partial charge in [0.1, 0.15) is 6.10 Å². The van der Waals surface area contributed by atoms with Gasteiger partial charge < -0.3 is 19.7 Å². The Morgan fingerprint density at radius 1 is 1.03 bits per heavy atom. The molecule has 0 saturated heterocycles. The first-order valence-electron chi connectivity index (χ1n) is 14.8. The molecule has 4 rings (SSSR count). The lowest BCUT2D eigenvalue weighted by atomic mass is 9.46. The summed E-state index contributed by atoms with van der Waals surface area (Å²) in [4.78, 5) is 36.7. The number of aliphatic hydroxyl groups is 2. The lowest BCUT2D eigenvalue weighted by Crippen LogP contribution is -2.55. The Labute approximate surface area is 227 Å². The summed E-state index contributed by atoms with van der Waals surface area (Å²) in [5, 5.41) is 22.0. The van der Waals surface area contributed by atoms with Gasteiger partial charge in [0.25, 0.3) is 0 Å². The fourth-order valence-electron chi connectivity index (χ4n) is 9.23. The highest BCUT2D eigenvalue weighted by Gasteiger charge is 2.66. The second kappa shape index (κ2) is 10.9. The van der Waals surface area contributed by atoms with Crippen LogP contribution >= 0.6 is 0 Å². The lowest BCUT2D eigenvalue weighted by molar-refractivity contribution is -0.164. The number of hydrogen-bond donors (Lipinski definition) is 2. The normalized spacial score (nSPS) is 38.2. The molecule has 0 heterocycles. The monoisotopic (exact) mass is 532 g/mol. The van der Waals surface area contributed by atoms with Crippen LogP contribution in [0.5, 0.6) is 0 Å². The molecule has 9 atom stereocenters. The van der Waals surface area contributed by atoms with Crippen LogP contribution in [0.3, 0.4) is 0 Å². The second-order valence-corrected chi connectivity index (χ2v) is 13.4. The first-order chi connectivity index (χ1) is 17.8. The average Bonchev–Trinajstić information content (AvgIpc) is 3.16. The Kier molecular flexibility index (Phi) is 8.38. The molecular weight excluding hydrogens is 484 g/mol. The molecule has 0 aromatic rings. The summed E-state index contributed by atoms with van der Waals surface area (Å²) in [6.45, 7) is 11.7. The summed E-state index contributed by atoms with van der Waals surface area (Å²) in [6.07, 6.45) is 5.75. The zero-order valence-electron chi connectivity index (χ0n) is 24.1. The zero-order valence-corrected chi connectivity index (χ0v) is 24.1. The largest absolute Gasteiger partial charge is 0.504 e. The third-order valence-corrected chi connectivity index (χ3v) is 11.0. The van der Waals surface area contributed by atoms with Crippen molar-refractivity contribution in [1.29, 1.82) is 0 Å².